The van der Waals surface area contributed by atoms with Crippen molar-refractivity contribution in [3.63, 3.8) is 0 Å². The fourth-order valence-electron chi connectivity index (χ4n) is 2.61. The molecule has 1 aliphatic heterocycles. The molecule has 2 nitrogen and oxygen atoms in total. The third-order valence-corrected chi connectivity index (χ3v) is 3.63. The SMILES string of the molecule is Cl.Fc1cccc([C@@H](CCC(F)(F)F)N2CCNCC2)c1F. The number of piperazine rings is 1. The summed E-state index contributed by atoms with van der Waals surface area (Å²) in [5, 5.41) is 3.09. The molecular weight excluding hydrogens is 327 g/mol. The van der Waals surface area contributed by atoms with Gasteiger partial charge in [0.2, 0.25) is 0 Å². The van der Waals surface area contributed by atoms with Crippen molar-refractivity contribution in [3.05, 3.63) is 35.4 Å². The maximum atomic E-state index is 13.9. The second-order valence-corrected chi connectivity index (χ2v) is 5.10. The average Bonchev–Trinajstić information content (AvgIpc) is 2.43. The van der Waals surface area contributed by atoms with E-state index in [0.29, 0.717) is 26.2 Å². The molecule has 1 aromatic carbocycles. The molecule has 1 N–H and O–H groups in total. The number of halogens is 6. The Morgan fingerprint density at radius 3 is 2.36 bits per heavy atom. The summed E-state index contributed by atoms with van der Waals surface area (Å²) in [5.41, 5.74) is 0.00106. The number of nitrogens with zero attached hydrogens (tertiary/aromatic N) is 1. The second kappa shape index (κ2) is 8.08. The van der Waals surface area contributed by atoms with E-state index in [4.69, 9.17) is 0 Å². The van der Waals surface area contributed by atoms with Crippen LogP contribution in [0.3, 0.4) is 0 Å². The van der Waals surface area contributed by atoms with Crippen LogP contribution in [0.1, 0.15) is 24.4 Å². The third-order valence-electron chi connectivity index (χ3n) is 3.63. The number of hydrogen-bond acceptors (Lipinski definition) is 2. The molecule has 126 valence electrons. The van der Waals surface area contributed by atoms with Crippen LogP contribution >= 0.6 is 12.4 Å². The fraction of sp³-hybridized carbons (Fsp3) is 0.571. The molecule has 0 aromatic heterocycles. The van der Waals surface area contributed by atoms with Gasteiger partial charge in [-0.2, -0.15) is 13.2 Å². The Labute approximate surface area is 132 Å². The Morgan fingerprint density at radius 1 is 1.14 bits per heavy atom. The van der Waals surface area contributed by atoms with E-state index in [-0.39, 0.29) is 24.4 Å². The summed E-state index contributed by atoms with van der Waals surface area (Å²) in [6.07, 6.45) is -5.60. The van der Waals surface area contributed by atoms with Crippen LogP contribution in [0.4, 0.5) is 22.0 Å². The number of benzene rings is 1. The van der Waals surface area contributed by atoms with E-state index in [0.717, 1.165) is 6.07 Å². The highest BCUT2D eigenvalue weighted by atomic mass is 35.5. The normalized spacial score (nSPS) is 17.9. The molecule has 0 aliphatic carbocycles. The minimum absolute atomic E-state index is 0. The van der Waals surface area contributed by atoms with Crippen LogP contribution in [0.15, 0.2) is 18.2 Å². The van der Waals surface area contributed by atoms with Gasteiger partial charge in [0.1, 0.15) is 0 Å². The summed E-state index contributed by atoms with van der Waals surface area (Å²) in [4.78, 5) is 1.78. The zero-order valence-corrected chi connectivity index (χ0v) is 12.6. The van der Waals surface area contributed by atoms with Gasteiger partial charge in [0.25, 0.3) is 0 Å². The Bertz CT molecular complexity index is 475. The number of alkyl halides is 3. The van der Waals surface area contributed by atoms with Crippen molar-refractivity contribution in [1.29, 1.82) is 0 Å². The first-order valence-electron chi connectivity index (χ1n) is 6.84. The molecule has 1 fully saturated rings. The van der Waals surface area contributed by atoms with Gasteiger partial charge in [-0.15, -0.1) is 12.4 Å². The van der Waals surface area contributed by atoms with Gasteiger partial charge in [-0.3, -0.25) is 4.90 Å². The molecule has 0 amide bonds. The smallest absolute Gasteiger partial charge is 0.314 e. The largest absolute Gasteiger partial charge is 0.389 e. The molecule has 22 heavy (non-hydrogen) atoms. The van der Waals surface area contributed by atoms with E-state index in [1.807, 2.05) is 0 Å². The van der Waals surface area contributed by atoms with Crippen molar-refractivity contribution in [2.75, 3.05) is 26.2 Å². The Morgan fingerprint density at radius 2 is 1.77 bits per heavy atom. The van der Waals surface area contributed by atoms with Crippen molar-refractivity contribution in [2.24, 2.45) is 0 Å². The number of nitrogens with one attached hydrogen (secondary N) is 1. The fourth-order valence-corrected chi connectivity index (χ4v) is 2.61. The lowest BCUT2D eigenvalue weighted by Gasteiger charge is -2.35. The first-order chi connectivity index (χ1) is 9.88. The zero-order valence-electron chi connectivity index (χ0n) is 11.8. The summed E-state index contributed by atoms with van der Waals surface area (Å²) in [6.45, 7) is 2.27. The van der Waals surface area contributed by atoms with E-state index in [1.165, 1.54) is 12.1 Å². The molecule has 0 bridgehead atoms. The molecule has 1 aromatic rings. The highest BCUT2D eigenvalue weighted by Crippen LogP contribution is 2.33. The summed E-state index contributed by atoms with van der Waals surface area (Å²) in [5.74, 6) is -2.08. The minimum atomic E-state index is -4.31. The van der Waals surface area contributed by atoms with Gasteiger partial charge < -0.3 is 5.32 Å². The van der Waals surface area contributed by atoms with Gasteiger partial charge in [-0.25, -0.2) is 8.78 Å². The monoisotopic (exact) mass is 344 g/mol. The van der Waals surface area contributed by atoms with Gasteiger partial charge in [-0.1, -0.05) is 12.1 Å². The van der Waals surface area contributed by atoms with Crippen molar-refractivity contribution in [2.45, 2.75) is 25.1 Å². The van der Waals surface area contributed by atoms with Gasteiger partial charge in [0.15, 0.2) is 11.6 Å². The lowest BCUT2D eigenvalue weighted by atomic mass is 9.98. The Kier molecular flexibility index (Phi) is 7.02. The van der Waals surface area contributed by atoms with Crippen LogP contribution in [-0.4, -0.2) is 37.3 Å². The van der Waals surface area contributed by atoms with E-state index < -0.39 is 30.3 Å². The molecule has 1 saturated heterocycles. The molecule has 1 aliphatic rings. The average molecular weight is 345 g/mol. The van der Waals surface area contributed by atoms with Crippen LogP contribution in [-0.2, 0) is 0 Å². The van der Waals surface area contributed by atoms with E-state index in [9.17, 15) is 22.0 Å². The van der Waals surface area contributed by atoms with Crippen molar-refractivity contribution in [1.82, 2.24) is 10.2 Å². The molecule has 0 unspecified atom stereocenters. The van der Waals surface area contributed by atoms with Crippen LogP contribution < -0.4 is 5.32 Å². The van der Waals surface area contributed by atoms with Crippen LogP contribution in [0.25, 0.3) is 0 Å². The molecule has 1 heterocycles. The standard InChI is InChI=1S/C14H17F5N2.ClH/c15-11-3-1-2-10(13(11)16)12(4-5-14(17,18)19)21-8-6-20-7-9-21;/h1-3,12,20H,4-9H2;1H/t12-;/m1./s1. The third kappa shape index (κ3) is 5.07. The molecule has 8 heteroatoms. The lowest BCUT2D eigenvalue weighted by molar-refractivity contribution is -0.138. The molecule has 0 spiro atoms. The maximum absolute atomic E-state index is 13.9. The lowest BCUT2D eigenvalue weighted by Crippen LogP contribution is -2.45. The summed E-state index contributed by atoms with van der Waals surface area (Å²) in [7, 11) is 0. The van der Waals surface area contributed by atoms with Gasteiger partial charge in [0.05, 0.1) is 0 Å². The Hall–Kier alpha value is -0.920. The molecular formula is C14H18ClF5N2. The van der Waals surface area contributed by atoms with Gasteiger partial charge in [0, 0.05) is 44.2 Å². The highest BCUT2D eigenvalue weighted by Gasteiger charge is 2.32. The number of rotatable bonds is 4. The van der Waals surface area contributed by atoms with Crippen LogP contribution in [0.5, 0.6) is 0 Å². The predicted octanol–water partition coefficient (Wildman–Crippen LogP) is 3.68. The minimum Gasteiger partial charge on any atom is -0.314 e. The summed E-state index contributed by atoms with van der Waals surface area (Å²) >= 11 is 0. The molecule has 0 saturated carbocycles. The van der Waals surface area contributed by atoms with Gasteiger partial charge >= 0.3 is 6.18 Å². The highest BCUT2D eigenvalue weighted by molar-refractivity contribution is 5.85. The predicted molar refractivity (Wildman–Crippen MR) is 76.1 cm³/mol. The number of hydrogen-bond donors (Lipinski definition) is 1. The molecule has 1 atom stereocenters. The summed E-state index contributed by atoms with van der Waals surface area (Å²) in [6, 6.07) is 2.90. The van der Waals surface area contributed by atoms with E-state index >= 15 is 0 Å². The summed E-state index contributed by atoms with van der Waals surface area (Å²) < 4.78 is 64.7. The Balaban J connectivity index is 0.00000242. The van der Waals surface area contributed by atoms with E-state index in [2.05, 4.69) is 5.32 Å². The van der Waals surface area contributed by atoms with Crippen LogP contribution in [0, 0.1) is 11.6 Å². The first kappa shape index (κ1) is 19.1. The first-order valence-corrected chi connectivity index (χ1v) is 6.84. The molecule has 0 radical (unpaired) electrons. The van der Waals surface area contributed by atoms with E-state index in [1.54, 1.807) is 4.90 Å². The maximum Gasteiger partial charge on any atom is 0.389 e. The topological polar surface area (TPSA) is 15.3 Å². The van der Waals surface area contributed by atoms with Crippen molar-refractivity contribution >= 4 is 12.4 Å². The second-order valence-electron chi connectivity index (χ2n) is 5.10. The molecule has 2 rings (SSSR count). The van der Waals surface area contributed by atoms with Crippen molar-refractivity contribution in [3.8, 4) is 0 Å². The van der Waals surface area contributed by atoms with Gasteiger partial charge in [-0.05, 0) is 12.5 Å². The quantitative estimate of drug-likeness (QED) is 0.838. The van der Waals surface area contributed by atoms with Crippen molar-refractivity contribution < 1.29 is 22.0 Å². The van der Waals surface area contributed by atoms with Crippen LogP contribution in [0.2, 0.25) is 0 Å². The zero-order chi connectivity index (χ0) is 15.5.